The van der Waals surface area contributed by atoms with Crippen LogP contribution < -0.4 is 4.74 Å². The van der Waals surface area contributed by atoms with Gasteiger partial charge in [-0.1, -0.05) is 36.4 Å². The summed E-state index contributed by atoms with van der Waals surface area (Å²) < 4.78 is 18.8. The molecule has 2 rings (SSSR count). The molecular weight excluding hydrogens is 281 g/mol. The molecule has 0 saturated heterocycles. The first-order valence-electron chi connectivity index (χ1n) is 7.21. The Bertz CT molecular complexity index is 642. The van der Waals surface area contributed by atoms with Gasteiger partial charge in [0.15, 0.2) is 0 Å². The van der Waals surface area contributed by atoms with Gasteiger partial charge in [0.05, 0.1) is 7.11 Å². The Kier molecular flexibility index (Phi) is 5.53. The predicted octanol–water partition coefficient (Wildman–Crippen LogP) is 3.43. The van der Waals surface area contributed by atoms with Crippen LogP contribution in [0.5, 0.6) is 5.75 Å². The summed E-state index contributed by atoms with van der Waals surface area (Å²) in [6, 6.07) is 14.2. The van der Waals surface area contributed by atoms with Gasteiger partial charge < -0.3 is 9.64 Å². The largest absolute Gasteiger partial charge is 0.496 e. The highest BCUT2D eigenvalue weighted by Crippen LogP contribution is 2.19. The molecule has 2 aromatic rings. The first-order valence-corrected chi connectivity index (χ1v) is 7.21. The number of hydrogen-bond donors (Lipinski definition) is 0. The van der Waals surface area contributed by atoms with Crippen molar-refractivity contribution in [2.24, 2.45) is 0 Å². The molecule has 0 aliphatic carbocycles. The number of ether oxygens (including phenoxy) is 1. The number of rotatable bonds is 6. The Morgan fingerprint density at radius 1 is 1.09 bits per heavy atom. The zero-order chi connectivity index (χ0) is 15.9. The van der Waals surface area contributed by atoms with Gasteiger partial charge in [0.25, 0.3) is 0 Å². The average Bonchev–Trinajstić information content (AvgIpc) is 2.54. The van der Waals surface area contributed by atoms with Gasteiger partial charge in [0.2, 0.25) is 5.91 Å². The number of halogens is 1. The number of aryl methyl sites for hydroxylation is 1. The Hall–Kier alpha value is -2.36. The predicted molar refractivity (Wildman–Crippen MR) is 84.2 cm³/mol. The van der Waals surface area contributed by atoms with Crippen LogP contribution in [-0.2, 0) is 17.8 Å². The molecule has 0 unspecified atom stereocenters. The number of methoxy groups -OCH3 is 1. The molecule has 0 aliphatic heterocycles. The second-order valence-electron chi connectivity index (χ2n) is 5.15. The maximum atomic E-state index is 13.5. The molecule has 1 amide bonds. The smallest absolute Gasteiger partial charge is 0.222 e. The standard InChI is InChI=1S/C18H20FNO2/c1-20(13-15-8-4-6-10-17(15)22-2)18(21)12-11-14-7-3-5-9-16(14)19/h3-10H,11-13H2,1-2H3. The fraction of sp³-hybridized carbons (Fsp3) is 0.278. The van der Waals surface area contributed by atoms with E-state index in [1.807, 2.05) is 24.3 Å². The molecule has 0 saturated carbocycles. The maximum Gasteiger partial charge on any atom is 0.222 e. The summed E-state index contributed by atoms with van der Waals surface area (Å²) in [5.74, 6) is 0.480. The van der Waals surface area contributed by atoms with Crippen molar-refractivity contribution in [3.05, 3.63) is 65.5 Å². The molecule has 2 aromatic carbocycles. The first-order chi connectivity index (χ1) is 10.6. The van der Waals surface area contributed by atoms with Crippen LogP contribution in [0.15, 0.2) is 48.5 Å². The van der Waals surface area contributed by atoms with E-state index in [2.05, 4.69) is 0 Å². The second-order valence-corrected chi connectivity index (χ2v) is 5.15. The molecule has 0 atom stereocenters. The van der Waals surface area contributed by atoms with Crippen LogP contribution in [0.2, 0.25) is 0 Å². The second kappa shape index (κ2) is 7.59. The molecule has 3 nitrogen and oxygen atoms in total. The fourth-order valence-corrected chi connectivity index (χ4v) is 2.31. The van der Waals surface area contributed by atoms with E-state index in [9.17, 15) is 9.18 Å². The van der Waals surface area contributed by atoms with Crippen LogP contribution in [0.25, 0.3) is 0 Å². The third-order valence-corrected chi connectivity index (χ3v) is 3.59. The van der Waals surface area contributed by atoms with E-state index in [1.54, 1.807) is 37.3 Å². The summed E-state index contributed by atoms with van der Waals surface area (Å²) in [4.78, 5) is 13.8. The van der Waals surface area contributed by atoms with Gasteiger partial charge >= 0.3 is 0 Å². The number of para-hydroxylation sites is 1. The van der Waals surface area contributed by atoms with Crippen LogP contribution in [0.1, 0.15) is 17.5 Å². The van der Waals surface area contributed by atoms with E-state index in [1.165, 1.54) is 6.07 Å². The SMILES string of the molecule is COc1ccccc1CN(C)C(=O)CCc1ccccc1F. The lowest BCUT2D eigenvalue weighted by molar-refractivity contribution is -0.130. The van der Waals surface area contributed by atoms with Crippen molar-refractivity contribution in [1.29, 1.82) is 0 Å². The summed E-state index contributed by atoms with van der Waals surface area (Å²) in [5.41, 5.74) is 1.52. The maximum absolute atomic E-state index is 13.5. The number of carbonyl (C=O) groups is 1. The molecule has 0 fully saturated rings. The third kappa shape index (κ3) is 4.07. The van der Waals surface area contributed by atoms with Crippen LogP contribution >= 0.6 is 0 Å². The highest BCUT2D eigenvalue weighted by atomic mass is 19.1. The summed E-state index contributed by atoms with van der Waals surface area (Å²) in [6.45, 7) is 0.472. The van der Waals surface area contributed by atoms with Crippen molar-refractivity contribution in [1.82, 2.24) is 4.90 Å². The number of hydrogen-bond acceptors (Lipinski definition) is 2. The minimum absolute atomic E-state index is 0.0193. The molecule has 22 heavy (non-hydrogen) atoms. The van der Waals surface area contributed by atoms with Crippen molar-refractivity contribution in [2.45, 2.75) is 19.4 Å². The molecular formula is C18H20FNO2. The minimum Gasteiger partial charge on any atom is -0.496 e. The van der Waals surface area contributed by atoms with Crippen molar-refractivity contribution < 1.29 is 13.9 Å². The summed E-state index contributed by atoms with van der Waals surface area (Å²) in [5, 5.41) is 0. The monoisotopic (exact) mass is 301 g/mol. The lowest BCUT2D eigenvalue weighted by Gasteiger charge is -2.19. The van der Waals surface area contributed by atoms with Crippen LogP contribution in [-0.4, -0.2) is 25.0 Å². The first kappa shape index (κ1) is 16.0. The van der Waals surface area contributed by atoms with E-state index >= 15 is 0 Å². The lowest BCUT2D eigenvalue weighted by Crippen LogP contribution is -2.26. The third-order valence-electron chi connectivity index (χ3n) is 3.59. The van der Waals surface area contributed by atoms with Crippen molar-refractivity contribution >= 4 is 5.91 Å². The molecule has 0 N–H and O–H groups in total. The normalized spacial score (nSPS) is 10.3. The molecule has 0 aliphatic rings. The van der Waals surface area contributed by atoms with Crippen molar-refractivity contribution in [3.63, 3.8) is 0 Å². The van der Waals surface area contributed by atoms with Gasteiger partial charge in [-0.3, -0.25) is 4.79 Å². The quantitative estimate of drug-likeness (QED) is 0.818. The molecule has 0 spiro atoms. The van der Waals surface area contributed by atoms with Gasteiger partial charge in [-0.15, -0.1) is 0 Å². The van der Waals surface area contributed by atoms with Crippen LogP contribution in [0.4, 0.5) is 4.39 Å². The van der Waals surface area contributed by atoms with Gasteiger partial charge in [0, 0.05) is 25.6 Å². The molecule has 116 valence electrons. The van der Waals surface area contributed by atoms with Gasteiger partial charge in [-0.25, -0.2) is 4.39 Å². The van der Waals surface area contributed by atoms with E-state index in [4.69, 9.17) is 4.74 Å². The molecule has 4 heteroatoms. The molecule has 0 heterocycles. The summed E-state index contributed by atoms with van der Waals surface area (Å²) in [6.07, 6.45) is 0.689. The average molecular weight is 301 g/mol. The molecule has 0 aromatic heterocycles. The Morgan fingerprint density at radius 2 is 1.73 bits per heavy atom. The van der Waals surface area contributed by atoms with Gasteiger partial charge in [-0.2, -0.15) is 0 Å². The van der Waals surface area contributed by atoms with Gasteiger partial charge in [0.1, 0.15) is 11.6 Å². The van der Waals surface area contributed by atoms with Gasteiger partial charge in [-0.05, 0) is 24.1 Å². The zero-order valence-electron chi connectivity index (χ0n) is 12.9. The molecule has 0 radical (unpaired) electrons. The Morgan fingerprint density at radius 3 is 2.41 bits per heavy atom. The number of benzene rings is 2. The van der Waals surface area contributed by atoms with Crippen LogP contribution in [0.3, 0.4) is 0 Å². The van der Waals surface area contributed by atoms with Crippen molar-refractivity contribution in [2.75, 3.05) is 14.2 Å². The van der Waals surface area contributed by atoms with E-state index in [0.717, 1.165) is 11.3 Å². The van der Waals surface area contributed by atoms with E-state index < -0.39 is 0 Å². The fourth-order valence-electron chi connectivity index (χ4n) is 2.31. The topological polar surface area (TPSA) is 29.5 Å². The lowest BCUT2D eigenvalue weighted by atomic mass is 10.1. The number of nitrogens with zero attached hydrogens (tertiary/aromatic N) is 1. The Balaban J connectivity index is 1.94. The minimum atomic E-state index is -0.261. The highest BCUT2D eigenvalue weighted by Gasteiger charge is 2.12. The highest BCUT2D eigenvalue weighted by molar-refractivity contribution is 5.76. The van der Waals surface area contributed by atoms with E-state index in [0.29, 0.717) is 18.5 Å². The zero-order valence-corrected chi connectivity index (χ0v) is 12.9. The molecule has 0 bridgehead atoms. The number of amides is 1. The Labute approximate surface area is 130 Å². The number of carbonyl (C=O) groups excluding carboxylic acids is 1. The van der Waals surface area contributed by atoms with Crippen molar-refractivity contribution in [3.8, 4) is 5.75 Å². The van der Waals surface area contributed by atoms with E-state index in [-0.39, 0.29) is 18.1 Å². The summed E-state index contributed by atoms with van der Waals surface area (Å²) in [7, 11) is 3.36. The van der Waals surface area contributed by atoms with Crippen LogP contribution in [0, 0.1) is 5.82 Å². The summed E-state index contributed by atoms with van der Waals surface area (Å²) >= 11 is 0.